The molecule has 2 aromatic rings. The highest BCUT2D eigenvalue weighted by molar-refractivity contribution is 5.74. The third kappa shape index (κ3) is 4.18. The van der Waals surface area contributed by atoms with Crippen LogP contribution in [0.25, 0.3) is 0 Å². The van der Waals surface area contributed by atoms with Gasteiger partial charge in [0.25, 0.3) is 0 Å². The van der Waals surface area contributed by atoms with Gasteiger partial charge < -0.3 is 10.2 Å². The molecule has 1 aromatic carbocycles. The molecule has 0 fully saturated rings. The molecule has 1 heterocycles. The number of anilines is 3. The van der Waals surface area contributed by atoms with Crippen molar-refractivity contribution in [2.75, 3.05) is 23.8 Å². The first kappa shape index (κ1) is 17.7. The summed E-state index contributed by atoms with van der Waals surface area (Å²) in [5, 5.41) is 14.7. The Hall–Kier alpha value is -2.70. The molecule has 0 aliphatic rings. The van der Waals surface area contributed by atoms with Crippen LogP contribution in [-0.2, 0) is 0 Å². The molecule has 1 aromatic heterocycles. The van der Waals surface area contributed by atoms with Crippen LogP contribution in [0.2, 0.25) is 0 Å². The monoisotopic (exact) mass is 329 g/mol. The summed E-state index contributed by atoms with van der Waals surface area (Å²) >= 11 is 0. The second kappa shape index (κ2) is 7.72. The van der Waals surface area contributed by atoms with Crippen LogP contribution in [0.5, 0.6) is 0 Å². The van der Waals surface area contributed by atoms with E-state index < -0.39 is 4.92 Å². The number of hydrogen-bond donors (Lipinski definition) is 1. The zero-order valence-electron chi connectivity index (χ0n) is 14.5. The molecule has 7 nitrogen and oxygen atoms in total. The van der Waals surface area contributed by atoms with Gasteiger partial charge in [-0.05, 0) is 43.5 Å². The number of aryl methyl sites for hydroxylation is 2. The lowest BCUT2D eigenvalue weighted by molar-refractivity contribution is -0.383. The Kier molecular flexibility index (Phi) is 5.68. The van der Waals surface area contributed by atoms with E-state index in [9.17, 15) is 10.1 Å². The molecular weight excluding hydrogens is 306 g/mol. The maximum absolute atomic E-state index is 11.6. The number of benzene rings is 1. The van der Waals surface area contributed by atoms with E-state index in [0.29, 0.717) is 12.4 Å². The van der Waals surface area contributed by atoms with Gasteiger partial charge in [-0.1, -0.05) is 19.4 Å². The number of rotatable bonds is 7. The summed E-state index contributed by atoms with van der Waals surface area (Å²) in [5.41, 5.74) is 2.83. The Labute approximate surface area is 141 Å². The van der Waals surface area contributed by atoms with Gasteiger partial charge in [-0.3, -0.25) is 10.1 Å². The number of aromatic nitrogens is 2. The quantitative estimate of drug-likeness (QED) is 0.611. The Bertz CT molecular complexity index is 713. The van der Waals surface area contributed by atoms with E-state index in [1.807, 2.05) is 39.1 Å². The molecule has 0 radical (unpaired) electrons. The Morgan fingerprint density at radius 1 is 1.21 bits per heavy atom. The third-order valence-corrected chi connectivity index (χ3v) is 3.68. The second-order valence-electron chi connectivity index (χ2n) is 5.93. The van der Waals surface area contributed by atoms with Crippen molar-refractivity contribution in [2.45, 2.75) is 33.6 Å². The van der Waals surface area contributed by atoms with Crippen LogP contribution in [0.4, 0.5) is 23.0 Å². The van der Waals surface area contributed by atoms with Crippen LogP contribution in [0.3, 0.4) is 0 Å². The Morgan fingerprint density at radius 3 is 2.46 bits per heavy atom. The van der Waals surface area contributed by atoms with Crippen molar-refractivity contribution >= 4 is 23.0 Å². The van der Waals surface area contributed by atoms with Crippen LogP contribution in [-0.4, -0.2) is 28.5 Å². The zero-order chi connectivity index (χ0) is 17.7. The van der Waals surface area contributed by atoms with Crippen LogP contribution < -0.4 is 10.2 Å². The summed E-state index contributed by atoms with van der Waals surface area (Å²) < 4.78 is 0. The van der Waals surface area contributed by atoms with Crippen LogP contribution in [0.15, 0.2) is 24.5 Å². The van der Waals surface area contributed by atoms with E-state index >= 15 is 0 Å². The molecular formula is C17H23N5O2. The molecule has 24 heavy (non-hydrogen) atoms. The molecule has 1 N–H and O–H groups in total. The first-order chi connectivity index (χ1) is 11.4. The molecule has 0 aliphatic heterocycles. The number of nitrogens with one attached hydrogen (secondary N) is 1. The minimum absolute atomic E-state index is 0.102. The number of hydrogen-bond acceptors (Lipinski definition) is 6. The van der Waals surface area contributed by atoms with E-state index in [-0.39, 0.29) is 11.5 Å². The van der Waals surface area contributed by atoms with Gasteiger partial charge in [-0.25, -0.2) is 9.97 Å². The van der Waals surface area contributed by atoms with Crippen LogP contribution >= 0.6 is 0 Å². The van der Waals surface area contributed by atoms with Gasteiger partial charge in [0.05, 0.1) is 4.92 Å². The SMILES string of the molecule is CCCCN(C)c1ncnc(Nc2cc(C)cc(C)c2)c1[N+](=O)[O-]. The Morgan fingerprint density at radius 2 is 1.88 bits per heavy atom. The normalized spacial score (nSPS) is 10.5. The molecule has 0 unspecified atom stereocenters. The summed E-state index contributed by atoms with van der Waals surface area (Å²) in [5.74, 6) is 0.536. The summed E-state index contributed by atoms with van der Waals surface area (Å²) in [6.07, 6.45) is 3.31. The highest BCUT2D eigenvalue weighted by Crippen LogP contribution is 2.33. The molecule has 0 saturated heterocycles. The number of unbranched alkanes of at least 4 members (excludes halogenated alkanes) is 1. The smallest absolute Gasteiger partial charge is 0.353 e. The molecule has 2 rings (SSSR count). The largest absolute Gasteiger partial charge is 0.354 e. The lowest BCUT2D eigenvalue weighted by atomic mass is 10.1. The standard InChI is InChI=1S/C17H23N5O2/c1-5-6-7-21(4)17-15(22(23)24)16(18-11-19-17)20-14-9-12(2)8-13(3)10-14/h8-11H,5-7H2,1-4H3,(H,18,19,20). The molecule has 0 amide bonds. The van der Waals surface area contributed by atoms with Crippen molar-refractivity contribution in [3.63, 3.8) is 0 Å². The van der Waals surface area contributed by atoms with E-state index in [1.54, 1.807) is 4.90 Å². The number of nitro groups is 1. The molecule has 7 heteroatoms. The lowest BCUT2D eigenvalue weighted by Crippen LogP contribution is -2.21. The fourth-order valence-electron chi connectivity index (χ4n) is 2.59. The molecule has 0 bridgehead atoms. The van der Waals surface area contributed by atoms with Gasteiger partial charge in [0.15, 0.2) is 0 Å². The second-order valence-corrected chi connectivity index (χ2v) is 5.93. The number of nitrogens with zero attached hydrogens (tertiary/aromatic N) is 4. The van der Waals surface area contributed by atoms with Crippen molar-refractivity contribution in [2.24, 2.45) is 0 Å². The van der Waals surface area contributed by atoms with Gasteiger partial charge in [0, 0.05) is 19.3 Å². The van der Waals surface area contributed by atoms with Gasteiger partial charge in [-0.2, -0.15) is 0 Å². The minimum atomic E-state index is -0.428. The predicted molar refractivity (Wildman–Crippen MR) is 96.1 cm³/mol. The van der Waals surface area contributed by atoms with E-state index in [0.717, 1.165) is 29.7 Å². The molecule has 0 aliphatic carbocycles. The summed E-state index contributed by atoms with van der Waals surface area (Å²) in [4.78, 5) is 21.2. The van der Waals surface area contributed by atoms with Crippen LogP contribution in [0, 0.1) is 24.0 Å². The van der Waals surface area contributed by atoms with Gasteiger partial charge in [0.2, 0.25) is 11.6 Å². The molecule has 0 spiro atoms. The average Bonchev–Trinajstić information content (AvgIpc) is 2.51. The fraction of sp³-hybridized carbons (Fsp3) is 0.412. The summed E-state index contributed by atoms with van der Waals surface area (Å²) in [7, 11) is 1.81. The zero-order valence-corrected chi connectivity index (χ0v) is 14.5. The van der Waals surface area contributed by atoms with Crippen molar-refractivity contribution in [3.05, 3.63) is 45.8 Å². The van der Waals surface area contributed by atoms with E-state index in [4.69, 9.17) is 0 Å². The molecule has 128 valence electrons. The van der Waals surface area contributed by atoms with Crippen molar-refractivity contribution in [3.8, 4) is 0 Å². The summed E-state index contributed by atoms with van der Waals surface area (Å²) in [6, 6.07) is 5.90. The van der Waals surface area contributed by atoms with Crippen molar-refractivity contribution in [1.29, 1.82) is 0 Å². The van der Waals surface area contributed by atoms with E-state index in [2.05, 4.69) is 22.2 Å². The summed E-state index contributed by atoms with van der Waals surface area (Å²) in [6.45, 7) is 6.75. The van der Waals surface area contributed by atoms with Gasteiger partial charge >= 0.3 is 5.69 Å². The predicted octanol–water partition coefficient (Wildman–Crippen LogP) is 3.98. The first-order valence-electron chi connectivity index (χ1n) is 7.98. The maximum atomic E-state index is 11.6. The van der Waals surface area contributed by atoms with E-state index in [1.165, 1.54) is 6.33 Å². The van der Waals surface area contributed by atoms with Gasteiger partial charge in [-0.15, -0.1) is 0 Å². The molecule has 0 atom stereocenters. The highest BCUT2D eigenvalue weighted by Gasteiger charge is 2.25. The maximum Gasteiger partial charge on any atom is 0.353 e. The fourth-order valence-corrected chi connectivity index (χ4v) is 2.59. The Balaban J connectivity index is 2.40. The lowest BCUT2D eigenvalue weighted by Gasteiger charge is -2.18. The first-order valence-corrected chi connectivity index (χ1v) is 7.98. The highest BCUT2D eigenvalue weighted by atomic mass is 16.6. The average molecular weight is 329 g/mol. The van der Waals surface area contributed by atoms with Gasteiger partial charge in [0.1, 0.15) is 6.33 Å². The van der Waals surface area contributed by atoms with Crippen LogP contribution in [0.1, 0.15) is 30.9 Å². The van der Waals surface area contributed by atoms with Crippen molar-refractivity contribution in [1.82, 2.24) is 9.97 Å². The third-order valence-electron chi connectivity index (χ3n) is 3.68. The molecule has 0 saturated carbocycles. The topological polar surface area (TPSA) is 84.2 Å². The van der Waals surface area contributed by atoms with Crippen molar-refractivity contribution < 1.29 is 4.92 Å². The minimum Gasteiger partial charge on any atom is -0.354 e.